The summed E-state index contributed by atoms with van der Waals surface area (Å²) in [5.41, 5.74) is -1.86. The second-order valence-corrected chi connectivity index (χ2v) is 4.32. The maximum atomic E-state index is 11.7. The molecule has 1 rings (SSSR count). The van der Waals surface area contributed by atoms with Crippen LogP contribution in [0.4, 0.5) is 5.69 Å². The van der Waals surface area contributed by atoms with Gasteiger partial charge in [0.2, 0.25) is 0 Å². The highest BCUT2D eigenvalue weighted by atomic mass is 16.6. The third-order valence-electron chi connectivity index (χ3n) is 2.73. The van der Waals surface area contributed by atoms with Crippen molar-refractivity contribution in [2.45, 2.75) is 5.54 Å². The van der Waals surface area contributed by atoms with Gasteiger partial charge in [-0.15, -0.1) is 0 Å². The smallest absolute Gasteiger partial charge is 0.310 e. The van der Waals surface area contributed by atoms with E-state index >= 15 is 0 Å². The van der Waals surface area contributed by atoms with E-state index in [0.29, 0.717) is 0 Å². The number of para-hydroxylation sites is 2. The van der Waals surface area contributed by atoms with Gasteiger partial charge in [-0.2, -0.15) is 0 Å². The summed E-state index contributed by atoms with van der Waals surface area (Å²) in [6, 6.07) is 5.54. The van der Waals surface area contributed by atoms with Crippen LogP contribution in [0.15, 0.2) is 24.3 Å². The van der Waals surface area contributed by atoms with Crippen molar-refractivity contribution in [1.29, 1.82) is 0 Å². The number of carbonyl (C=O) groups is 1. The molecule has 9 nitrogen and oxygen atoms in total. The van der Waals surface area contributed by atoms with Crippen molar-refractivity contribution in [2.24, 2.45) is 0 Å². The van der Waals surface area contributed by atoms with Crippen molar-refractivity contribution in [3.63, 3.8) is 0 Å². The third kappa shape index (κ3) is 4.38. The Morgan fingerprint density at radius 1 is 1.24 bits per heavy atom. The number of hydrogen-bond donors (Lipinski definition) is 4. The van der Waals surface area contributed by atoms with Crippen LogP contribution in [0.1, 0.15) is 0 Å². The first-order valence-corrected chi connectivity index (χ1v) is 5.98. The van der Waals surface area contributed by atoms with Crippen molar-refractivity contribution in [3.8, 4) is 5.75 Å². The zero-order valence-electron chi connectivity index (χ0n) is 11.1. The van der Waals surface area contributed by atoms with E-state index in [0.717, 1.165) is 0 Å². The van der Waals surface area contributed by atoms with Crippen molar-refractivity contribution in [2.75, 3.05) is 26.4 Å². The van der Waals surface area contributed by atoms with E-state index < -0.39 is 42.8 Å². The molecule has 0 fully saturated rings. The van der Waals surface area contributed by atoms with Crippen LogP contribution in [0.3, 0.4) is 0 Å². The monoisotopic (exact) mass is 300 g/mol. The summed E-state index contributed by atoms with van der Waals surface area (Å²) in [7, 11) is 0. The van der Waals surface area contributed by atoms with E-state index in [1.54, 1.807) is 0 Å². The second kappa shape index (κ2) is 7.53. The fourth-order valence-corrected chi connectivity index (χ4v) is 1.47. The normalized spacial score (nSPS) is 11.0. The molecule has 0 heterocycles. The first-order valence-electron chi connectivity index (χ1n) is 5.98. The van der Waals surface area contributed by atoms with Crippen LogP contribution < -0.4 is 10.1 Å². The second-order valence-electron chi connectivity index (χ2n) is 4.32. The van der Waals surface area contributed by atoms with Crippen LogP contribution in [0.2, 0.25) is 0 Å². The van der Waals surface area contributed by atoms with Gasteiger partial charge in [-0.1, -0.05) is 12.1 Å². The summed E-state index contributed by atoms with van der Waals surface area (Å²) in [6.45, 7) is -2.57. The standard InChI is InChI=1S/C12H16N2O7/c15-6-12(7-16,8-17)13-11(18)5-21-10-4-2-1-3-9(10)14(19)20/h1-4,15-17H,5-8H2,(H,13,18). The predicted molar refractivity (Wildman–Crippen MR) is 70.7 cm³/mol. The van der Waals surface area contributed by atoms with Gasteiger partial charge in [-0.3, -0.25) is 14.9 Å². The number of aliphatic hydroxyl groups excluding tert-OH is 3. The Labute approximate surface area is 119 Å². The molecule has 4 N–H and O–H groups in total. The Bertz CT molecular complexity index is 494. The minimum atomic E-state index is -1.57. The molecule has 0 radical (unpaired) electrons. The molecule has 0 spiro atoms. The molecule has 9 heteroatoms. The van der Waals surface area contributed by atoms with Crippen LogP contribution in [-0.4, -0.2) is 58.1 Å². The highest BCUT2D eigenvalue weighted by Crippen LogP contribution is 2.25. The van der Waals surface area contributed by atoms with E-state index in [9.17, 15) is 14.9 Å². The van der Waals surface area contributed by atoms with E-state index in [1.807, 2.05) is 0 Å². The van der Waals surface area contributed by atoms with Crippen molar-refractivity contribution >= 4 is 11.6 Å². The average molecular weight is 300 g/mol. The van der Waals surface area contributed by atoms with Crippen LogP contribution in [-0.2, 0) is 4.79 Å². The number of benzene rings is 1. The molecule has 0 saturated carbocycles. The summed E-state index contributed by atoms with van der Waals surface area (Å²) in [5, 5.41) is 40.2. The molecule has 0 aliphatic rings. The molecule has 0 unspecified atom stereocenters. The van der Waals surface area contributed by atoms with Gasteiger partial charge in [0.15, 0.2) is 12.4 Å². The lowest BCUT2D eigenvalue weighted by Gasteiger charge is -2.28. The maximum Gasteiger partial charge on any atom is 0.310 e. The van der Waals surface area contributed by atoms with Crippen LogP contribution in [0.25, 0.3) is 0 Å². The van der Waals surface area contributed by atoms with Gasteiger partial charge in [-0.25, -0.2) is 0 Å². The number of nitro groups is 1. The molecule has 0 aliphatic heterocycles. The molecule has 1 aromatic rings. The quantitative estimate of drug-likeness (QED) is 0.349. The molecular weight excluding hydrogens is 284 g/mol. The first kappa shape index (κ1) is 16.8. The Balaban J connectivity index is 2.68. The molecule has 21 heavy (non-hydrogen) atoms. The minimum Gasteiger partial charge on any atom is -0.477 e. The number of hydrogen-bond acceptors (Lipinski definition) is 7. The van der Waals surface area contributed by atoms with Gasteiger partial charge in [0, 0.05) is 6.07 Å². The molecule has 1 aromatic carbocycles. The van der Waals surface area contributed by atoms with E-state index in [2.05, 4.69) is 5.32 Å². The summed E-state index contributed by atoms with van der Waals surface area (Å²) < 4.78 is 5.04. The third-order valence-corrected chi connectivity index (χ3v) is 2.73. The van der Waals surface area contributed by atoms with Gasteiger partial charge in [0.1, 0.15) is 5.54 Å². The topological polar surface area (TPSA) is 142 Å². The zero-order chi connectivity index (χ0) is 15.9. The molecule has 0 saturated heterocycles. The number of amides is 1. The molecular formula is C12H16N2O7. The van der Waals surface area contributed by atoms with E-state index in [1.165, 1.54) is 24.3 Å². The van der Waals surface area contributed by atoms with E-state index in [4.69, 9.17) is 20.1 Å². The molecule has 1 amide bonds. The summed E-state index contributed by atoms with van der Waals surface area (Å²) in [6.07, 6.45) is 0. The Morgan fingerprint density at radius 3 is 2.33 bits per heavy atom. The highest BCUT2D eigenvalue weighted by molar-refractivity contribution is 5.78. The summed E-state index contributed by atoms with van der Waals surface area (Å²) in [5.74, 6) is -0.828. The maximum absolute atomic E-state index is 11.7. The fourth-order valence-electron chi connectivity index (χ4n) is 1.47. The first-order chi connectivity index (χ1) is 9.98. The van der Waals surface area contributed by atoms with Gasteiger partial charge < -0.3 is 25.4 Å². The predicted octanol–water partition coefficient (Wildman–Crippen LogP) is -1.19. The number of nitrogens with one attached hydrogen (secondary N) is 1. The lowest BCUT2D eigenvalue weighted by atomic mass is 10.0. The average Bonchev–Trinajstić information content (AvgIpc) is 2.51. The Hall–Kier alpha value is -2.23. The lowest BCUT2D eigenvalue weighted by Crippen LogP contribution is -2.58. The Morgan fingerprint density at radius 2 is 1.81 bits per heavy atom. The van der Waals surface area contributed by atoms with Crippen molar-refractivity contribution in [3.05, 3.63) is 34.4 Å². The van der Waals surface area contributed by atoms with Crippen LogP contribution >= 0.6 is 0 Å². The zero-order valence-corrected chi connectivity index (χ0v) is 11.1. The fraction of sp³-hybridized carbons (Fsp3) is 0.417. The lowest BCUT2D eigenvalue weighted by molar-refractivity contribution is -0.385. The molecule has 0 atom stereocenters. The minimum absolute atomic E-state index is 0.0831. The van der Waals surface area contributed by atoms with Crippen molar-refractivity contribution in [1.82, 2.24) is 5.32 Å². The number of aliphatic hydroxyl groups is 3. The van der Waals surface area contributed by atoms with Gasteiger partial charge in [0.05, 0.1) is 24.7 Å². The van der Waals surface area contributed by atoms with E-state index in [-0.39, 0.29) is 11.4 Å². The SMILES string of the molecule is O=C(COc1ccccc1[N+](=O)[O-])NC(CO)(CO)CO. The summed E-state index contributed by atoms with van der Waals surface area (Å²) in [4.78, 5) is 21.8. The number of ether oxygens (including phenoxy) is 1. The number of nitrogens with zero attached hydrogens (tertiary/aromatic N) is 1. The summed E-state index contributed by atoms with van der Waals surface area (Å²) >= 11 is 0. The van der Waals surface area contributed by atoms with Crippen LogP contribution in [0.5, 0.6) is 5.75 Å². The Kier molecular flexibility index (Phi) is 6.03. The number of nitro benzene ring substituents is 1. The van der Waals surface area contributed by atoms with Gasteiger partial charge in [-0.05, 0) is 6.07 Å². The van der Waals surface area contributed by atoms with Gasteiger partial charge in [0.25, 0.3) is 5.91 Å². The molecule has 0 aromatic heterocycles. The molecule has 0 bridgehead atoms. The van der Waals surface area contributed by atoms with Gasteiger partial charge >= 0.3 is 5.69 Å². The largest absolute Gasteiger partial charge is 0.477 e. The molecule has 116 valence electrons. The van der Waals surface area contributed by atoms with Crippen molar-refractivity contribution < 1.29 is 29.8 Å². The highest BCUT2D eigenvalue weighted by Gasteiger charge is 2.30. The number of carbonyl (C=O) groups excluding carboxylic acids is 1. The van der Waals surface area contributed by atoms with Crippen LogP contribution in [0, 0.1) is 10.1 Å². The molecule has 0 aliphatic carbocycles. The number of rotatable bonds is 8.